The van der Waals surface area contributed by atoms with Gasteiger partial charge in [-0.1, -0.05) is 42.5 Å². The molecule has 2 N–H and O–H groups in total. The number of nitrogens with zero attached hydrogens (tertiary/aromatic N) is 2. The number of halogens is 2. The number of benzene rings is 2. The van der Waals surface area contributed by atoms with Crippen LogP contribution in [-0.2, 0) is 17.8 Å². The highest BCUT2D eigenvalue weighted by atomic mass is 127. The molecule has 0 aliphatic carbocycles. The summed E-state index contributed by atoms with van der Waals surface area (Å²) in [6, 6.07) is 16.0. The molecule has 2 aromatic carbocycles. The van der Waals surface area contributed by atoms with Gasteiger partial charge in [-0.3, -0.25) is 4.79 Å². The highest BCUT2D eigenvalue weighted by Gasteiger charge is 2.04. The second-order valence-corrected chi connectivity index (χ2v) is 6.10. The summed E-state index contributed by atoms with van der Waals surface area (Å²) in [5.41, 5.74) is 1.93. The number of amides is 1. The average molecular weight is 484 g/mol. The first-order valence-corrected chi connectivity index (χ1v) is 8.55. The number of aliphatic imine (C=N–C) groups is 1. The van der Waals surface area contributed by atoms with Crippen molar-refractivity contribution in [2.75, 3.05) is 27.2 Å². The van der Waals surface area contributed by atoms with Gasteiger partial charge in [0.15, 0.2) is 5.96 Å². The van der Waals surface area contributed by atoms with E-state index in [4.69, 9.17) is 0 Å². The summed E-state index contributed by atoms with van der Waals surface area (Å²) in [6.45, 7) is 1.65. The summed E-state index contributed by atoms with van der Waals surface area (Å²) in [6.07, 6.45) is 0.239. The van der Waals surface area contributed by atoms with Crippen molar-refractivity contribution in [2.45, 2.75) is 13.0 Å². The van der Waals surface area contributed by atoms with Crippen LogP contribution >= 0.6 is 24.0 Å². The molecule has 0 fully saturated rings. The normalized spacial score (nSPS) is 10.7. The summed E-state index contributed by atoms with van der Waals surface area (Å²) in [5, 5.41) is 6.07. The molecule has 27 heavy (non-hydrogen) atoms. The number of hydrogen-bond donors (Lipinski definition) is 2. The molecular weight excluding hydrogens is 458 g/mol. The van der Waals surface area contributed by atoms with Crippen molar-refractivity contribution < 1.29 is 9.18 Å². The molecule has 0 saturated carbocycles. The predicted molar refractivity (Wildman–Crippen MR) is 118 cm³/mol. The minimum atomic E-state index is -0.302. The third kappa shape index (κ3) is 8.85. The van der Waals surface area contributed by atoms with Crippen molar-refractivity contribution in [1.82, 2.24) is 15.5 Å². The van der Waals surface area contributed by atoms with Gasteiger partial charge >= 0.3 is 0 Å². The third-order valence-electron chi connectivity index (χ3n) is 3.69. The zero-order valence-corrected chi connectivity index (χ0v) is 17.9. The van der Waals surface area contributed by atoms with E-state index in [1.54, 1.807) is 12.1 Å². The lowest BCUT2D eigenvalue weighted by Gasteiger charge is -2.18. The molecule has 0 aromatic heterocycles. The number of nitrogens with one attached hydrogen (secondary N) is 2. The lowest BCUT2D eigenvalue weighted by molar-refractivity contribution is -0.120. The average Bonchev–Trinajstić information content (AvgIpc) is 2.63. The molecular formula is C20H26FIN4O. The van der Waals surface area contributed by atoms with Crippen LogP contribution in [0.3, 0.4) is 0 Å². The molecule has 0 bridgehead atoms. The first kappa shape index (κ1) is 22.9. The van der Waals surface area contributed by atoms with E-state index in [0.717, 1.165) is 17.1 Å². The predicted octanol–water partition coefficient (Wildman–Crippen LogP) is 2.81. The van der Waals surface area contributed by atoms with E-state index in [1.165, 1.54) is 12.1 Å². The molecule has 0 aliphatic heterocycles. The molecule has 5 nitrogen and oxygen atoms in total. The van der Waals surface area contributed by atoms with Gasteiger partial charge in [0, 0.05) is 27.2 Å². The zero-order chi connectivity index (χ0) is 18.8. The fourth-order valence-electron chi connectivity index (χ4n) is 2.33. The van der Waals surface area contributed by atoms with Gasteiger partial charge in [0.2, 0.25) is 5.91 Å². The van der Waals surface area contributed by atoms with Gasteiger partial charge in [-0.2, -0.15) is 0 Å². The molecule has 0 unspecified atom stereocenters. The van der Waals surface area contributed by atoms with Crippen molar-refractivity contribution in [1.29, 1.82) is 0 Å². The summed E-state index contributed by atoms with van der Waals surface area (Å²) in [5.74, 6) is 0.372. The Kier molecular flexibility index (Phi) is 10.4. The summed E-state index contributed by atoms with van der Waals surface area (Å²) < 4.78 is 12.9. The maximum atomic E-state index is 12.9. The monoisotopic (exact) mass is 484 g/mol. The minimum Gasteiger partial charge on any atom is -0.354 e. The lowest BCUT2D eigenvalue weighted by Crippen LogP contribution is -2.41. The Bertz CT molecular complexity index is 721. The first-order chi connectivity index (χ1) is 12.5. The standard InChI is InChI=1S/C20H25FN4O.HI/c1-25(2)20(24-15-17-6-4-3-5-7-17)23-13-12-22-19(26)14-16-8-10-18(21)11-9-16;/h3-11H,12-15H2,1-2H3,(H,22,26)(H,23,24);1H. The van der Waals surface area contributed by atoms with Crippen molar-refractivity contribution >= 4 is 35.8 Å². The number of guanidine groups is 1. The van der Waals surface area contributed by atoms with Crippen LogP contribution in [0.4, 0.5) is 4.39 Å². The summed E-state index contributed by atoms with van der Waals surface area (Å²) in [4.78, 5) is 18.4. The Balaban J connectivity index is 0.00000364. The Labute approximate surface area is 177 Å². The van der Waals surface area contributed by atoms with E-state index in [9.17, 15) is 9.18 Å². The van der Waals surface area contributed by atoms with Gasteiger partial charge in [-0.05, 0) is 23.3 Å². The first-order valence-electron chi connectivity index (χ1n) is 8.55. The number of hydrogen-bond acceptors (Lipinski definition) is 2. The van der Waals surface area contributed by atoms with Crippen LogP contribution in [0.1, 0.15) is 11.1 Å². The van der Waals surface area contributed by atoms with Gasteiger partial charge in [-0.15, -0.1) is 24.0 Å². The molecule has 0 radical (unpaired) electrons. The van der Waals surface area contributed by atoms with E-state index in [-0.39, 0.29) is 42.1 Å². The molecule has 0 saturated heterocycles. The van der Waals surface area contributed by atoms with Crippen LogP contribution in [0.5, 0.6) is 0 Å². The Hall–Kier alpha value is -2.16. The largest absolute Gasteiger partial charge is 0.354 e. The number of carbonyl (C=O) groups is 1. The van der Waals surface area contributed by atoms with E-state index in [2.05, 4.69) is 15.6 Å². The van der Waals surface area contributed by atoms with Crippen LogP contribution in [0.2, 0.25) is 0 Å². The van der Waals surface area contributed by atoms with Gasteiger partial charge in [0.1, 0.15) is 5.82 Å². The van der Waals surface area contributed by atoms with Crippen LogP contribution < -0.4 is 10.6 Å². The molecule has 0 spiro atoms. The Morgan fingerprint density at radius 3 is 2.22 bits per heavy atom. The van der Waals surface area contributed by atoms with E-state index < -0.39 is 0 Å². The number of rotatable bonds is 7. The zero-order valence-electron chi connectivity index (χ0n) is 15.6. The van der Waals surface area contributed by atoms with Crippen molar-refractivity contribution in [2.24, 2.45) is 4.99 Å². The maximum Gasteiger partial charge on any atom is 0.224 e. The highest BCUT2D eigenvalue weighted by molar-refractivity contribution is 14.0. The Morgan fingerprint density at radius 1 is 0.963 bits per heavy atom. The van der Waals surface area contributed by atoms with Crippen LogP contribution in [-0.4, -0.2) is 44.0 Å². The quantitative estimate of drug-likeness (QED) is 0.275. The SMILES string of the molecule is CN(C)C(=NCc1ccccc1)NCCNC(=O)Cc1ccc(F)cc1.I. The minimum absolute atomic E-state index is 0. The Morgan fingerprint density at radius 2 is 1.59 bits per heavy atom. The molecule has 1 amide bonds. The summed E-state index contributed by atoms with van der Waals surface area (Å²) >= 11 is 0. The van der Waals surface area contributed by atoms with Crippen LogP contribution in [0, 0.1) is 5.82 Å². The van der Waals surface area contributed by atoms with Gasteiger partial charge in [-0.25, -0.2) is 9.38 Å². The molecule has 0 atom stereocenters. The fourth-order valence-corrected chi connectivity index (χ4v) is 2.33. The second-order valence-electron chi connectivity index (χ2n) is 6.10. The maximum absolute atomic E-state index is 12.9. The summed E-state index contributed by atoms with van der Waals surface area (Å²) in [7, 11) is 3.84. The third-order valence-corrected chi connectivity index (χ3v) is 3.69. The van der Waals surface area contributed by atoms with Crippen molar-refractivity contribution in [3.63, 3.8) is 0 Å². The molecule has 0 aliphatic rings. The molecule has 7 heteroatoms. The highest BCUT2D eigenvalue weighted by Crippen LogP contribution is 2.03. The van der Waals surface area contributed by atoms with Gasteiger partial charge in [0.25, 0.3) is 0 Å². The lowest BCUT2D eigenvalue weighted by atomic mass is 10.1. The smallest absolute Gasteiger partial charge is 0.224 e. The fraction of sp³-hybridized carbons (Fsp3) is 0.300. The van der Waals surface area contributed by atoms with Crippen molar-refractivity contribution in [3.05, 3.63) is 71.5 Å². The van der Waals surface area contributed by atoms with Gasteiger partial charge < -0.3 is 15.5 Å². The molecule has 2 rings (SSSR count). The van der Waals surface area contributed by atoms with E-state index >= 15 is 0 Å². The van der Waals surface area contributed by atoms with Crippen LogP contribution in [0.15, 0.2) is 59.6 Å². The molecule has 146 valence electrons. The molecule has 0 heterocycles. The van der Waals surface area contributed by atoms with Gasteiger partial charge in [0.05, 0.1) is 13.0 Å². The van der Waals surface area contributed by atoms with Crippen molar-refractivity contribution in [3.8, 4) is 0 Å². The van der Waals surface area contributed by atoms with E-state index in [0.29, 0.717) is 19.6 Å². The second kappa shape index (κ2) is 12.3. The molecule has 2 aromatic rings. The van der Waals surface area contributed by atoms with E-state index in [1.807, 2.05) is 49.3 Å². The topological polar surface area (TPSA) is 56.7 Å². The number of carbonyl (C=O) groups excluding carboxylic acids is 1. The van der Waals surface area contributed by atoms with Crippen LogP contribution in [0.25, 0.3) is 0 Å².